The van der Waals surface area contributed by atoms with Crippen LogP contribution >= 0.6 is 11.6 Å². The Balaban J connectivity index is 1.84. The Morgan fingerprint density at radius 3 is 2.64 bits per heavy atom. The summed E-state index contributed by atoms with van der Waals surface area (Å²) in [5.74, 6) is 0. The summed E-state index contributed by atoms with van der Waals surface area (Å²) in [4.78, 5) is 23.3. The van der Waals surface area contributed by atoms with E-state index in [2.05, 4.69) is 5.32 Å². The number of hydrogen-bond donors (Lipinski definition) is 1. The first kappa shape index (κ1) is 19.7. The molecule has 1 fully saturated rings. The van der Waals surface area contributed by atoms with E-state index < -0.39 is 33.5 Å². The molecule has 0 saturated carbocycles. The Morgan fingerprint density at radius 2 is 2.04 bits per heavy atom. The number of nitro benzene ring substituents is 1. The van der Waals surface area contributed by atoms with Gasteiger partial charge in [0.1, 0.15) is 12.3 Å². The second-order valence-electron chi connectivity index (χ2n) is 5.89. The quantitative estimate of drug-likeness (QED) is 0.558. The molecule has 0 spiro atoms. The van der Waals surface area contributed by atoms with Crippen LogP contribution in [0.1, 0.15) is 11.1 Å². The zero-order chi connectivity index (χ0) is 20.5. The SMILES string of the molecule is O=C1OCCN1c1cccc(CNc2cc(Cl)c(C(F)(F)F)cc2[N+](=O)[O-])c1. The molecule has 1 heterocycles. The molecule has 0 atom stereocenters. The smallest absolute Gasteiger partial charge is 0.418 e. The van der Waals surface area contributed by atoms with Gasteiger partial charge >= 0.3 is 12.3 Å². The first-order valence-electron chi connectivity index (χ1n) is 7.99. The number of cyclic esters (lactones) is 1. The highest BCUT2D eigenvalue weighted by Crippen LogP contribution is 2.40. The van der Waals surface area contributed by atoms with Crippen LogP contribution in [-0.2, 0) is 17.5 Å². The third-order valence-electron chi connectivity index (χ3n) is 4.05. The van der Waals surface area contributed by atoms with Crippen molar-refractivity contribution in [2.24, 2.45) is 0 Å². The van der Waals surface area contributed by atoms with E-state index in [4.69, 9.17) is 16.3 Å². The average molecular weight is 416 g/mol. The number of nitrogens with one attached hydrogen (secondary N) is 1. The van der Waals surface area contributed by atoms with Gasteiger partial charge in [-0.15, -0.1) is 0 Å². The third kappa shape index (κ3) is 4.11. The van der Waals surface area contributed by atoms with Crippen LogP contribution in [0.4, 0.5) is 35.0 Å². The number of halogens is 4. The number of rotatable bonds is 5. The van der Waals surface area contributed by atoms with Crippen molar-refractivity contribution in [3.63, 3.8) is 0 Å². The number of nitro groups is 1. The minimum absolute atomic E-state index is 0.0687. The van der Waals surface area contributed by atoms with Crippen LogP contribution in [0.2, 0.25) is 5.02 Å². The van der Waals surface area contributed by atoms with Gasteiger partial charge in [-0.05, 0) is 23.8 Å². The van der Waals surface area contributed by atoms with Crippen molar-refractivity contribution in [3.05, 3.63) is 62.7 Å². The maximum Gasteiger partial charge on any atom is 0.418 e. The van der Waals surface area contributed by atoms with Gasteiger partial charge < -0.3 is 10.1 Å². The summed E-state index contributed by atoms with van der Waals surface area (Å²) in [5.41, 5.74) is -0.921. The third-order valence-corrected chi connectivity index (χ3v) is 4.37. The minimum Gasteiger partial charge on any atom is -0.447 e. The van der Waals surface area contributed by atoms with Gasteiger partial charge in [0.25, 0.3) is 5.69 Å². The second-order valence-corrected chi connectivity index (χ2v) is 6.30. The molecule has 2 aromatic carbocycles. The van der Waals surface area contributed by atoms with Crippen molar-refractivity contribution in [1.82, 2.24) is 0 Å². The molecule has 0 aromatic heterocycles. The van der Waals surface area contributed by atoms with Crippen LogP contribution in [0.25, 0.3) is 0 Å². The minimum atomic E-state index is -4.81. The van der Waals surface area contributed by atoms with E-state index >= 15 is 0 Å². The van der Waals surface area contributed by atoms with Crippen LogP contribution in [0, 0.1) is 10.1 Å². The van der Waals surface area contributed by atoms with E-state index in [1.54, 1.807) is 24.3 Å². The molecule has 3 rings (SSSR count). The number of nitrogens with zero attached hydrogens (tertiary/aromatic N) is 2. The van der Waals surface area contributed by atoms with Crippen LogP contribution in [0.5, 0.6) is 0 Å². The Labute approximate surface area is 161 Å². The van der Waals surface area contributed by atoms with Gasteiger partial charge in [-0.3, -0.25) is 15.0 Å². The zero-order valence-corrected chi connectivity index (χ0v) is 14.9. The lowest BCUT2D eigenvalue weighted by atomic mass is 10.1. The molecule has 1 N–H and O–H groups in total. The molecule has 0 radical (unpaired) electrons. The largest absolute Gasteiger partial charge is 0.447 e. The number of ether oxygens (including phenoxy) is 1. The highest BCUT2D eigenvalue weighted by molar-refractivity contribution is 6.31. The Hall–Kier alpha value is -3.01. The molecule has 0 aliphatic carbocycles. The van der Waals surface area contributed by atoms with Gasteiger partial charge in [0.2, 0.25) is 0 Å². The highest BCUT2D eigenvalue weighted by atomic mass is 35.5. The Bertz CT molecular complexity index is 936. The van der Waals surface area contributed by atoms with E-state index in [9.17, 15) is 28.1 Å². The summed E-state index contributed by atoms with van der Waals surface area (Å²) in [6, 6.07) is 8.05. The predicted octanol–water partition coefficient (Wildman–Crippen LogP) is 4.84. The molecule has 1 saturated heterocycles. The van der Waals surface area contributed by atoms with Gasteiger partial charge in [0.05, 0.1) is 22.1 Å². The van der Waals surface area contributed by atoms with E-state index in [1.807, 2.05) is 0 Å². The lowest BCUT2D eigenvalue weighted by Gasteiger charge is -2.15. The highest BCUT2D eigenvalue weighted by Gasteiger charge is 2.36. The fourth-order valence-electron chi connectivity index (χ4n) is 2.73. The monoisotopic (exact) mass is 415 g/mol. The normalized spacial score (nSPS) is 14.1. The average Bonchev–Trinajstić information content (AvgIpc) is 3.05. The molecule has 2 aromatic rings. The molecule has 1 aliphatic rings. The summed E-state index contributed by atoms with van der Waals surface area (Å²) >= 11 is 5.66. The molecule has 1 amide bonds. The molecule has 11 heteroatoms. The second kappa shape index (κ2) is 7.55. The summed E-state index contributed by atoms with van der Waals surface area (Å²) in [6.07, 6.45) is -5.28. The number of anilines is 2. The standard InChI is InChI=1S/C17H13ClF3N3O4/c18-13-8-14(15(24(26)27)7-12(13)17(19,20)21)22-9-10-2-1-3-11(6-10)23-4-5-28-16(23)25/h1-3,6-8,22H,4-5,9H2. The van der Waals surface area contributed by atoms with Crippen molar-refractivity contribution in [3.8, 4) is 0 Å². The van der Waals surface area contributed by atoms with E-state index in [0.717, 1.165) is 6.07 Å². The van der Waals surface area contributed by atoms with Crippen molar-refractivity contribution in [2.75, 3.05) is 23.4 Å². The van der Waals surface area contributed by atoms with Crippen molar-refractivity contribution in [1.29, 1.82) is 0 Å². The summed E-state index contributed by atoms with van der Waals surface area (Å²) in [6.45, 7) is 0.743. The maximum absolute atomic E-state index is 12.9. The number of amides is 1. The number of alkyl halides is 3. The van der Waals surface area contributed by atoms with Crippen LogP contribution in [0.3, 0.4) is 0 Å². The lowest BCUT2D eigenvalue weighted by molar-refractivity contribution is -0.384. The summed E-state index contributed by atoms with van der Waals surface area (Å²) < 4.78 is 43.7. The molecule has 148 valence electrons. The number of hydrogen-bond acceptors (Lipinski definition) is 5. The molecule has 28 heavy (non-hydrogen) atoms. The number of benzene rings is 2. The fraction of sp³-hybridized carbons (Fsp3) is 0.235. The van der Waals surface area contributed by atoms with Crippen LogP contribution in [0.15, 0.2) is 36.4 Å². The van der Waals surface area contributed by atoms with Crippen molar-refractivity contribution < 1.29 is 27.6 Å². The topological polar surface area (TPSA) is 84.7 Å². The van der Waals surface area contributed by atoms with Gasteiger partial charge in [0.15, 0.2) is 0 Å². The Kier molecular flexibility index (Phi) is 5.32. The van der Waals surface area contributed by atoms with Crippen molar-refractivity contribution >= 4 is 34.8 Å². The maximum atomic E-state index is 12.9. The molecule has 0 bridgehead atoms. The Morgan fingerprint density at radius 1 is 1.29 bits per heavy atom. The van der Waals surface area contributed by atoms with Gasteiger partial charge in [-0.25, -0.2) is 4.79 Å². The fourth-order valence-corrected chi connectivity index (χ4v) is 3.00. The summed E-state index contributed by atoms with van der Waals surface area (Å²) in [7, 11) is 0. The van der Waals surface area contributed by atoms with Crippen LogP contribution < -0.4 is 10.2 Å². The van der Waals surface area contributed by atoms with E-state index in [-0.39, 0.29) is 18.8 Å². The van der Waals surface area contributed by atoms with E-state index in [1.165, 1.54) is 4.90 Å². The van der Waals surface area contributed by atoms with Crippen LogP contribution in [-0.4, -0.2) is 24.2 Å². The van der Waals surface area contributed by atoms with E-state index in [0.29, 0.717) is 23.9 Å². The molecule has 1 aliphatic heterocycles. The number of carbonyl (C=O) groups is 1. The summed E-state index contributed by atoms with van der Waals surface area (Å²) in [5, 5.41) is 13.3. The zero-order valence-electron chi connectivity index (χ0n) is 14.1. The molecule has 0 unspecified atom stereocenters. The van der Waals surface area contributed by atoms with Gasteiger partial charge in [0, 0.05) is 18.3 Å². The first-order chi connectivity index (χ1) is 13.2. The lowest BCUT2D eigenvalue weighted by Crippen LogP contribution is -2.23. The first-order valence-corrected chi connectivity index (χ1v) is 8.37. The van der Waals surface area contributed by atoms with Gasteiger partial charge in [-0.1, -0.05) is 23.7 Å². The predicted molar refractivity (Wildman–Crippen MR) is 95.6 cm³/mol. The molecular formula is C17H13ClF3N3O4. The van der Waals surface area contributed by atoms with Crippen molar-refractivity contribution in [2.45, 2.75) is 12.7 Å². The molecule has 7 nitrogen and oxygen atoms in total. The van der Waals surface area contributed by atoms with Gasteiger partial charge in [-0.2, -0.15) is 13.2 Å². The molecular weight excluding hydrogens is 403 g/mol. The number of carbonyl (C=O) groups excluding carboxylic acids is 1.